The molecule has 0 atom stereocenters. The van der Waals surface area contributed by atoms with Crippen molar-refractivity contribution in [1.82, 2.24) is 4.31 Å². The SMILES string of the molecule is CCCC1CCN(S(=O)(=O)c2cccc(C(=O)Nc3ccc(F)c(Br)c3)c2)CC1. The number of hydrogen-bond donors (Lipinski definition) is 1. The molecule has 156 valence electrons. The number of rotatable bonds is 6. The van der Waals surface area contributed by atoms with Crippen LogP contribution in [0.4, 0.5) is 10.1 Å². The van der Waals surface area contributed by atoms with Crippen LogP contribution in [-0.4, -0.2) is 31.7 Å². The molecular formula is C21H24BrFN2O3S. The van der Waals surface area contributed by atoms with Crippen LogP contribution in [0.1, 0.15) is 43.0 Å². The third-order valence-electron chi connectivity index (χ3n) is 5.18. The standard InChI is InChI=1S/C21H24BrFN2O3S/c1-2-4-15-9-11-25(12-10-15)29(27,28)18-6-3-5-16(13-18)21(26)24-17-7-8-20(23)19(22)14-17/h3,5-8,13-15H,2,4,9-12H2,1H3,(H,24,26). The van der Waals surface area contributed by atoms with Crippen molar-refractivity contribution in [3.63, 3.8) is 0 Å². The van der Waals surface area contributed by atoms with Gasteiger partial charge in [-0.05, 0) is 71.1 Å². The predicted molar refractivity (Wildman–Crippen MR) is 115 cm³/mol. The Morgan fingerprint density at radius 1 is 1.21 bits per heavy atom. The van der Waals surface area contributed by atoms with E-state index in [1.165, 1.54) is 34.6 Å². The minimum atomic E-state index is -3.65. The van der Waals surface area contributed by atoms with Crippen molar-refractivity contribution in [2.45, 2.75) is 37.5 Å². The maximum Gasteiger partial charge on any atom is 0.255 e. The number of halogens is 2. The van der Waals surface area contributed by atoms with Gasteiger partial charge in [0.05, 0.1) is 9.37 Å². The Kier molecular flexibility index (Phi) is 7.08. The molecule has 1 aliphatic heterocycles. The average molecular weight is 483 g/mol. The summed E-state index contributed by atoms with van der Waals surface area (Å²) < 4.78 is 41.1. The van der Waals surface area contributed by atoms with Crippen LogP contribution in [0.3, 0.4) is 0 Å². The zero-order valence-electron chi connectivity index (χ0n) is 16.2. The van der Waals surface area contributed by atoms with Crippen LogP contribution >= 0.6 is 15.9 Å². The molecule has 2 aromatic rings. The monoisotopic (exact) mass is 482 g/mol. The first-order valence-electron chi connectivity index (χ1n) is 9.68. The van der Waals surface area contributed by atoms with Crippen molar-refractivity contribution in [3.8, 4) is 0 Å². The fourth-order valence-corrected chi connectivity index (χ4v) is 5.47. The molecule has 1 N–H and O–H groups in total. The molecule has 1 aliphatic rings. The average Bonchev–Trinajstić information content (AvgIpc) is 2.71. The van der Waals surface area contributed by atoms with E-state index in [4.69, 9.17) is 0 Å². The van der Waals surface area contributed by atoms with Gasteiger partial charge in [0.15, 0.2) is 0 Å². The van der Waals surface area contributed by atoms with Crippen molar-refractivity contribution < 1.29 is 17.6 Å². The van der Waals surface area contributed by atoms with Gasteiger partial charge < -0.3 is 5.32 Å². The molecule has 0 bridgehead atoms. The summed E-state index contributed by atoms with van der Waals surface area (Å²) in [5.41, 5.74) is 0.641. The van der Waals surface area contributed by atoms with E-state index < -0.39 is 21.7 Å². The molecule has 1 fully saturated rings. The smallest absolute Gasteiger partial charge is 0.255 e. The first-order valence-corrected chi connectivity index (χ1v) is 11.9. The third kappa shape index (κ3) is 5.24. The number of sulfonamides is 1. The van der Waals surface area contributed by atoms with Crippen LogP contribution in [0, 0.1) is 11.7 Å². The van der Waals surface area contributed by atoms with E-state index >= 15 is 0 Å². The van der Waals surface area contributed by atoms with Gasteiger partial charge in [0.2, 0.25) is 10.0 Å². The van der Waals surface area contributed by atoms with Gasteiger partial charge in [0, 0.05) is 24.3 Å². The van der Waals surface area contributed by atoms with Crippen molar-refractivity contribution in [2.24, 2.45) is 5.92 Å². The number of carbonyl (C=O) groups is 1. The quantitative estimate of drug-likeness (QED) is 0.626. The summed E-state index contributed by atoms with van der Waals surface area (Å²) in [4.78, 5) is 12.7. The molecule has 0 radical (unpaired) electrons. The van der Waals surface area contributed by atoms with Gasteiger partial charge >= 0.3 is 0 Å². The molecule has 0 aliphatic carbocycles. The highest BCUT2D eigenvalue weighted by Crippen LogP contribution is 2.27. The van der Waals surface area contributed by atoms with Gasteiger partial charge in [-0.3, -0.25) is 4.79 Å². The van der Waals surface area contributed by atoms with Gasteiger partial charge in [-0.1, -0.05) is 25.8 Å². The second kappa shape index (κ2) is 9.36. The van der Waals surface area contributed by atoms with Crippen LogP contribution in [0.2, 0.25) is 0 Å². The summed E-state index contributed by atoms with van der Waals surface area (Å²) in [5.74, 6) is -0.306. The second-order valence-electron chi connectivity index (χ2n) is 7.25. The molecule has 0 aromatic heterocycles. The fraction of sp³-hybridized carbons (Fsp3) is 0.381. The molecule has 5 nitrogen and oxygen atoms in total. The Labute approximate surface area is 179 Å². The lowest BCUT2D eigenvalue weighted by atomic mass is 9.94. The van der Waals surface area contributed by atoms with Gasteiger partial charge in [-0.25, -0.2) is 12.8 Å². The van der Waals surface area contributed by atoms with Crippen LogP contribution in [0.15, 0.2) is 51.8 Å². The molecule has 0 unspecified atom stereocenters. The molecule has 1 amide bonds. The first kappa shape index (κ1) is 21.9. The van der Waals surface area contributed by atoms with Crippen LogP contribution in [0.25, 0.3) is 0 Å². The summed E-state index contributed by atoms with van der Waals surface area (Å²) in [6.07, 6.45) is 3.97. The molecule has 3 rings (SSSR count). The number of piperidine rings is 1. The Hall–Kier alpha value is -1.77. The Morgan fingerprint density at radius 2 is 1.93 bits per heavy atom. The zero-order chi connectivity index (χ0) is 21.0. The summed E-state index contributed by atoms with van der Waals surface area (Å²) in [5, 5.41) is 2.66. The van der Waals surface area contributed by atoms with Gasteiger partial charge in [-0.2, -0.15) is 4.31 Å². The van der Waals surface area contributed by atoms with E-state index in [9.17, 15) is 17.6 Å². The molecule has 1 saturated heterocycles. The van der Waals surface area contributed by atoms with Crippen molar-refractivity contribution >= 4 is 37.5 Å². The number of anilines is 1. The highest BCUT2D eigenvalue weighted by atomic mass is 79.9. The normalized spacial score (nSPS) is 16.0. The lowest BCUT2D eigenvalue weighted by Crippen LogP contribution is -2.38. The van der Waals surface area contributed by atoms with Gasteiger partial charge in [-0.15, -0.1) is 0 Å². The number of hydrogen-bond acceptors (Lipinski definition) is 3. The Bertz CT molecular complexity index is 989. The van der Waals surface area contributed by atoms with Crippen LogP contribution in [-0.2, 0) is 10.0 Å². The largest absolute Gasteiger partial charge is 0.322 e. The number of benzene rings is 2. The van der Waals surface area contributed by atoms with Crippen molar-refractivity contribution in [1.29, 1.82) is 0 Å². The fourth-order valence-electron chi connectivity index (χ4n) is 3.57. The number of carbonyl (C=O) groups excluding carboxylic acids is 1. The zero-order valence-corrected chi connectivity index (χ0v) is 18.6. The minimum absolute atomic E-state index is 0.111. The minimum Gasteiger partial charge on any atom is -0.322 e. The summed E-state index contributed by atoms with van der Waals surface area (Å²) in [6, 6.07) is 10.2. The van der Waals surface area contributed by atoms with E-state index in [0.29, 0.717) is 24.7 Å². The summed E-state index contributed by atoms with van der Waals surface area (Å²) >= 11 is 3.08. The number of nitrogens with zero attached hydrogens (tertiary/aromatic N) is 1. The van der Waals surface area contributed by atoms with E-state index in [0.717, 1.165) is 25.7 Å². The number of amides is 1. The Balaban J connectivity index is 1.74. The van der Waals surface area contributed by atoms with E-state index in [2.05, 4.69) is 28.2 Å². The van der Waals surface area contributed by atoms with Crippen molar-refractivity contribution in [2.75, 3.05) is 18.4 Å². The predicted octanol–water partition coefficient (Wildman–Crippen LogP) is 5.04. The Morgan fingerprint density at radius 3 is 2.59 bits per heavy atom. The highest BCUT2D eigenvalue weighted by molar-refractivity contribution is 9.10. The third-order valence-corrected chi connectivity index (χ3v) is 7.68. The van der Waals surface area contributed by atoms with E-state index in [-0.39, 0.29) is 14.9 Å². The maximum absolute atomic E-state index is 13.4. The molecule has 29 heavy (non-hydrogen) atoms. The molecule has 0 spiro atoms. The lowest BCUT2D eigenvalue weighted by Gasteiger charge is -2.31. The maximum atomic E-state index is 13.4. The van der Waals surface area contributed by atoms with E-state index in [1.54, 1.807) is 12.1 Å². The molecule has 2 aromatic carbocycles. The van der Waals surface area contributed by atoms with Crippen LogP contribution in [0.5, 0.6) is 0 Å². The first-order chi connectivity index (χ1) is 13.8. The topological polar surface area (TPSA) is 66.5 Å². The second-order valence-corrected chi connectivity index (χ2v) is 10.0. The highest BCUT2D eigenvalue weighted by Gasteiger charge is 2.29. The van der Waals surface area contributed by atoms with Crippen LogP contribution < -0.4 is 5.32 Å². The van der Waals surface area contributed by atoms with Gasteiger partial charge in [0.1, 0.15) is 5.82 Å². The molecule has 8 heteroatoms. The van der Waals surface area contributed by atoms with Crippen molar-refractivity contribution in [3.05, 3.63) is 58.3 Å². The lowest BCUT2D eigenvalue weighted by molar-refractivity contribution is 0.102. The number of nitrogens with one attached hydrogen (secondary N) is 1. The molecule has 1 heterocycles. The summed E-state index contributed by atoms with van der Waals surface area (Å²) in [7, 11) is -3.65. The summed E-state index contributed by atoms with van der Waals surface area (Å²) in [6.45, 7) is 3.16. The molecular weight excluding hydrogens is 459 g/mol. The molecule has 0 saturated carbocycles. The van der Waals surface area contributed by atoms with Gasteiger partial charge in [0.25, 0.3) is 5.91 Å². The van der Waals surface area contributed by atoms with E-state index in [1.807, 2.05) is 0 Å².